The van der Waals surface area contributed by atoms with Crippen molar-refractivity contribution in [2.45, 2.75) is 26.8 Å². The number of thiazole rings is 1. The highest BCUT2D eigenvalue weighted by Crippen LogP contribution is 2.35. The number of nitrogens with zero attached hydrogens (tertiary/aromatic N) is 3. The third kappa shape index (κ3) is 2.01. The molecule has 0 amide bonds. The smallest absolute Gasteiger partial charge is 0.245 e. The molecular formula is C19H20N3S+. The van der Waals surface area contributed by atoms with E-state index >= 15 is 0 Å². The predicted molar refractivity (Wildman–Crippen MR) is 96.9 cm³/mol. The summed E-state index contributed by atoms with van der Waals surface area (Å²) in [4.78, 5) is 4.50. The first-order chi connectivity index (χ1) is 11.1. The van der Waals surface area contributed by atoms with E-state index in [1.54, 1.807) is 11.3 Å². The van der Waals surface area contributed by atoms with Crippen LogP contribution in [0.25, 0.3) is 32.6 Å². The van der Waals surface area contributed by atoms with E-state index in [4.69, 9.17) is 0 Å². The normalized spacial score (nSPS) is 11.9. The molecule has 2 aromatic carbocycles. The number of rotatable bonds is 2. The van der Waals surface area contributed by atoms with Crippen molar-refractivity contribution in [1.29, 1.82) is 0 Å². The molecule has 0 N–H and O–H groups in total. The first kappa shape index (κ1) is 14.4. The van der Waals surface area contributed by atoms with Crippen LogP contribution in [0.4, 0.5) is 0 Å². The topological polar surface area (TPSA) is 21.7 Å². The fourth-order valence-electron chi connectivity index (χ4n) is 3.46. The molecule has 0 aliphatic rings. The fraction of sp³-hybridized carbons (Fsp3) is 0.263. The molecular weight excluding hydrogens is 302 g/mol. The molecule has 0 bridgehead atoms. The maximum atomic E-state index is 4.50. The third-order valence-electron chi connectivity index (χ3n) is 4.50. The molecule has 0 saturated carbocycles. The Balaban J connectivity index is 2.21. The first-order valence-electron chi connectivity index (χ1n) is 7.91. The average Bonchev–Trinajstić information content (AvgIpc) is 3.11. The molecule has 0 spiro atoms. The van der Waals surface area contributed by atoms with Crippen LogP contribution in [-0.2, 0) is 7.05 Å². The molecule has 116 valence electrons. The predicted octanol–water partition coefficient (Wildman–Crippen LogP) is 4.63. The SMILES string of the molecule is Cc1ccc2ncsc2c1-c1n(C(C)C)c2ccccc2[n+]1C. The van der Waals surface area contributed by atoms with Crippen molar-refractivity contribution in [2.75, 3.05) is 0 Å². The lowest BCUT2D eigenvalue weighted by molar-refractivity contribution is -0.634. The van der Waals surface area contributed by atoms with Crippen LogP contribution in [0.5, 0.6) is 0 Å². The van der Waals surface area contributed by atoms with Crippen molar-refractivity contribution >= 4 is 32.6 Å². The van der Waals surface area contributed by atoms with Gasteiger partial charge in [0.2, 0.25) is 0 Å². The second kappa shape index (κ2) is 5.17. The van der Waals surface area contributed by atoms with E-state index in [9.17, 15) is 0 Å². The van der Waals surface area contributed by atoms with E-state index in [0.717, 1.165) is 5.52 Å². The summed E-state index contributed by atoms with van der Waals surface area (Å²) in [6.45, 7) is 6.69. The third-order valence-corrected chi connectivity index (χ3v) is 5.36. The van der Waals surface area contributed by atoms with E-state index in [0.29, 0.717) is 6.04 Å². The quantitative estimate of drug-likeness (QED) is 0.493. The summed E-state index contributed by atoms with van der Waals surface area (Å²) >= 11 is 1.72. The Morgan fingerprint density at radius 2 is 1.91 bits per heavy atom. The minimum Gasteiger partial charge on any atom is -0.245 e. The minimum atomic E-state index is 0.388. The van der Waals surface area contributed by atoms with E-state index in [1.807, 2.05) is 5.51 Å². The van der Waals surface area contributed by atoms with Crippen molar-refractivity contribution in [3.05, 3.63) is 47.5 Å². The Kier molecular flexibility index (Phi) is 3.23. The lowest BCUT2D eigenvalue weighted by atomic mass is 10.1. The molecule has 4 aromatic rings. The molecule has 4 rings (SSSR count). The van der Waals surface area contributed by atoms with Crippen molar-refractivity contribution < 1.29 is 4.57 Å². The number of benzene rings is 2. The summed E-state index contributed by atoms with van der Waals surface area (Å²) in [5.41, 5.74) is 8.16. The number of para-hydroxylation sites is 2. The molecule has 4 heteroatoms. The van der Waals surface area contributed by atoms with Gasteiger partial charge in [-0.3, -0.25) is 0 Å². The lowest BCUT2D eigenvalue weighted by Gasteiger charge is -2.09. The Morgan fingerprint density at radius 3 is 2.70 bits per heavy atom. The van der Waals surface area contributed by atoms with Gasteiger partial charge in [-0.1, -0.05) is 18.2 Å². The lowest BCUT2D eigenvalue weighted by Crippen LogP contribution is -2.30. The van der Waals surface area contributed by atoms with Crippen molar-refractivity contribution in [2.24, 2.45) is 7.05 Å². The highest BCUT2D eigenvalue weighted by atomic mass is 32.1. The van der Waals surface area contributed by atoms with Crippen LogP contribution < -0.4 is 4.57 Å². The zero-order chi connectivity index (χ0) is 16.1. The van der Waals surface area contributed by atoms with Crippen LogP contribution in [0.1, 0.15) is 25.5 Å². The Hall–Kier alpha value is -2.20. The zero-order valence-electron chi connectivity index (χ0n) is 13.9. The summed E-state index contributed by atoms with van der Waals surface area (Å²) in [6, 6.07) is 13.3. The Labute approximate surface area is 139 Å². The molecule has 2 aromatic heterocycles. The van der Waals surface area contributed by atoms with Gasteiger partial charge in [-0.2, -0.15) is 0 Å². The van der Waals surface area contributed by atoms with Crippen molar-refractivity contribution in [3.8, 4) is 11.4 Å². The van der Waals surface area contributed by atoms with E-state index < -0.39 is 0 Å². The summed E-state index contributed by atoms with van der Waals surface area (Å²) in [5, 5.41) is 0. The summed E-state index contributed by atoms with van der Waals surface area (Å²) in [6.07, 6.45) is 0. The van der Waals surface area contributed by atoms with Crippen LogP contribution >= 0.6 is 11.3 Å². The van der Waals surface area contributed by atoms with Gasteiger partial charge in [0.05, 0.1) is 34.4 Å². The van der Waals surface area contributed by atoms with Gasteiger partial charge in [-0.05, 0) is 44.5 Å². The van der Waals surface area contributed by atoms with Gasteiger partial charge in [0.25, 0.3) is 5.82 Å². The summed E-state index contributed by atoms with van der Waals surface area (Å²) in [7, 11) is 2.16. The number of hydrogen-bond acceptors (Lipinski definition) is 2. The largest absolute Gasteiger partial charge is 0.291 e. The molecule has 0 aliphatic carbocycles. The minimum absolute atomic E-state index is 0.388. The summed E-state index contributed by atoms with van der Waals surface area (Å²) < 4.78 is 6.03. The average molecular weight is 322 g/mol. The number of imidazole rings is 1. The molecule has 0 unspecified atom stereocenters. The van der Waals surface area contributed by atoms with Crippen LogP contribution in [-0.4, -0.2) is 9.55 Å². The Bertz CT molecular complexity index is 1020. The maximum Gasteiger partial charge on any atom is 0.291 e. The van der Waals surface area contributed by atoms with Gasteiger partial charge in [0.15, 0.2) is 11.0 Å². The van der Waals surface area contributed by atoms with Gasteiger partial charge in [0.1, 0.15) is 0 Å². The molecule has 3 nitrogen and oxygen atoms in total. The maximum absolute atomic E-state index is 4.50. The number of aryl methyl sites for hydroxylation is 2. The number of fused-ring (bicyclic) bond motifs is 2. The van der Waals surface area contributed by atoms with Crippen LogP contribution in [0, 0.1) is 6.92 Å². The molecule has 2 heterocycles. The molecule has 0 saturated heterocycles. The zero-order valence-corrected chi connectivity index (χ0v) is 14.7. The second-order valence-electron chi connectivity index (χ2n) is 6.29. The number of aromatic nitrogens is 3. The van der Waals surface area contributed by atoms with Gasteiger partial charge < -0.3 is 0 Å². The van der Waals surface area contributed by atoms with Gasteiger partial charge in [-0.25, -0.2) is 14.1 Å². The summed E-state index contributed by atoms with van der Waals surface area (Å²) in [5.74, 6) is 1.26. The molecule has 0 radical (unpaired) electrons. The highest BCUT2D eigenvalue weighted by Gasteiger charge is 2.28. The monoisotopic (exact) mass is 322 g/mol. The van der Waals surface area contributed by atoms with Crippen LogP contribution in [0.3, 0.4) is 0 Å². The molecule has 0 aliphatic heterocycles. The van der Waals surface area contributed by atoms with Crippen LogP contribution in [0.15, 0.2) is 41.9 Å². The molecule has 23 heavy (non-hydrogen) atoms. The standard InChI is InChI=1S/C19H20N3S/c1-12(2)22-16-8-6-5-7-15(16)21(4)19(22)17-13(3)9-10-14-18(17)23-11-20-14/h5-12H,1-4H3/q+1. The van der Waals surface area contributed by atoms with Crippen molar-refractivity contribution in [1.82, 2.24) is 9.55 Å². The Morgan fingerprint density at radius 1 is 1.13 bits per heavy atom. The molecule has 0 fully saturated rings. The highest BCUT2D eigenvalue weighted by molar-refractivity contribution is 7.17. The number of hydrogen-bond donors (Lipinski definition) is 0. The second-order valence-corrected chi connectivity index (χ2v) is 7.15. The first-order valence-corrected chi connectivity index (χ1v) is 8.79. The van der Waals surface area contributed by atoms with Gasteiger partial charge in [0, 0.05) is 0 Å². The van der Waals surface area contributed by atoms with E-state index in [-0.39, 0.29) is 0 Å². The van der Waals surface area contributed by atoms with Crippen molar-refractivity contribution in [3.63, 3.8) is 0 Å². The van der Waals surface area contributed by atoms with Crippen LogP contribution in [0.2, 0.25) is 0 Å². The van der Waals surface area contributed by atoms with E-state index in [2.05, 4.69) is 78.3 Å². The molecule has 0 atom stereocenters. The fourth-order valence-corrected chi connectivity index (χ4v) is 4.34. The van der Waals surface area contributed by atoms with E-state index in [1.165, 1.54) is 32.7 Å². The van der Waals surface area contributed by atoms with Gasteiger partial charge >= 0.3 is 0 Å². The van der Waals surface area contributed by atoms with Gasteiger partial charge in [-0.15, -0.1) is 11.3 Å².